The minimum absolute atomic E-state index is 0.0621. The highest BCUT2D eigenvalue weighted by Gasteiger charge is 2.04. The number of hydrogen-bond acceptors (Lipinski definition) is 3. The van der Waals surface area contributed by atoms with Gasteiger partial charge in [0.2, 0.25) is 0 Å². The lowest BCUT2D eigenvalue weighted by Gasteiger charge is -2.10. The molecule has 1 heterocycles. The van der Waals surface area contributed by atoms with Crippen LogP contribution in [0.5, 0.6) is 0 Å². The number of benzene rings is 1. The molecule has 2 rings (SSSR count). The normalized spacial score (nSPS) is 11.9. The van der Waals surface area contributed by atoms with E-state index in [1.807, 2.05) is 31.2 Å². The number of aromatic amines is 1. The third-order valence-corrected chi connectivity index (χ3v) is 2.64. The average molecular weight is 259 g/mol. The van der Waals surface area contributed by atoms with Gasteiger partial charge in [-0.1, -0.05) is 12.1 Å². The molecule has 1 aromatic carbocycles. The minimum atomic E-state index is -0.279. The Morgan fingerprint density at radius 1 is 1.53 bits per heavy atom. The molecule has 0 spiro atoms. The maximum absolute atomic E-state index is 11.7. The third kappa shape index (κ3) is 3.82. The van der Waals surface area contributed by atoms with Gasteiger partial charge in [-0.25, -0.2) is 9.78 Å². The molecular weight excluding hydrogens is 242 g/mol. The van der Waals surface area contributed by atoms with E-state index in [4.69, 9.17) is 5.73 Å². The van der Waals surface area contributed by atoms with E-state index in [-0.39, 0.29) is 12.1 Å². The number of anilines is 1. The number of carbonyl (C=O) groups excluding carboxylic acids is 1. The van der Waals surface area contributed by atoms with Crippen LogP contribution in [0, 0.1) is 0 Å². The van der Waals surface area contributed by atoms with Gasteiger partial charge >= 0.3 is 6.03 Å². The number of H-pyrrole nitrogens is 1. The lowest BCUT2D eigenvalue weighted by Crippen LogP contribution is -2.28. The molecule has 1 atom stereocenters. The van der Waals surface area contributed by atoms with Gasteiger partial charge in [-0.2, -0.15) is 0 Å². The van der Waals surface area contributed by atoms with Crippen LogP contribution in [-0.2, 0) is 6.54 Å². The lowest BCUT2D eigenvalue weighted by atomic mass is 10.1. The molecule has 0 bridgehead atoms. The summed E-state index contributed by atoms with van der Waals surface area (Å²) in [7, 11) is 0. The molecule has 1 unspecified atom stereocenters. The maximum atomic E-state index is 11.7. The predicted molar refractivity (Wildman–Crippen MR) is 73.5 cm³/mol. The summed E-state index contributed by atoms with van der Waals surface area (Å²) >= 11 is 0. The summed E-state index contributed by atoms with van der Waals surface area (Å²) in [4.78, 5) is 18.6. The summed E-state index contributed by atoms with van der Waals surface area (Å²) in [6.45, 7) is 2.25. The van der Waals surface area contributed by atoms with Gasteiger partial charge in [0.05, 0.1) is 6.54 Å². The summed E-state index contributed by atoms with van der Waals surface area (Å²) in [5, 5.41) is 5.46. The highest BCUT2D eigenvalue weighted by atomic mass is 16.2. The molecule has 0 saturated heterocycles. The first-order valence-corrected chi connectivity index (χ1v) is 6.04. The van der Waals surface area contributed by atoms with Crippen molar-refractivity contribution in [1.29, 1.82) is 0 Å². The summed E-state index contributed by atoms with van der Waals surface area (Å²) in [5.74, 6) is 0.708. The lowest BCUT2D eigenvalue weighted by molar-refractivity contribution is 0.251. The van der Waals surface area contributed by atoms with E-state index in [2.05, 4.69) is 20.6 Å². The van der Waals surface area contributed by atoms with E-state index >= 15 is 0 Å². The Morgan fingerprint density at radius 3 is 3.05 bits per heavy atom. The number of hydrogen-bond donors (Lipinski definition) is 4. The topological polar surface area (TPSA) is 95.8 Å². The van der Waals surface area contributed by atoms with Crippen molar-refractivity contribution in [3.05, 3.63) is 48.0 Å². The number of nitrogens with zero attached hydrogens (tertiary/aromatic N) is 1. The van der Waals surface area contributed by atoms with Crippen molar-refractivity contribution in [2.45, 2.75) is 19.5 Å². The number of urea groups is 1. The molecule has 100 valence electrons. The Kier molecular flexibility index (Phi) is 4.15. The highest BCUT2D eigenvalue weighted by Crippen LogP contribution is 2.15. The second-order valence-electron chi connectivity index (χ2n) is 4.26. The molecule has 2 aromatic rings. The number of amides is 2. The summed E-state index contributed by atoms with van der Waals surface area (Å²) < 4.78 is 0. The molecule has 6 heteroatoms. The molecule has 5 N–H and O–H groups in total. The van der Waals surface area contributed by atoms with Crippen LogP contribution in [0.1, 0.15) is 24.4 Å². The van der Waals surface area contributed by atoms with E-state index in [0.717, 1.165) is 5.56 Å². The van der Waals surface area contributed by atoms with Gasteiger partial charge in [-0.15, -0.1) is 0 Å². The molecule has 0 radical (unpaired) electrons. The standard InChI is InChI=1S/C13H17N5O/c1-9(14)10-3-2-4-11(7-10)18-13(19)17-8-12-15-5-6-16-12/h2-7,9H,8,14H2,1H3,(H,15,16)(H2,17,18,19). The summed E-state index contributed by atoms with van der Waals surface area (Å²) in [5.41, 5.74) is 7.49. The molecular formula is C13H17N5O. The van der Waals surface area contributed by atoms with Crippen LogP contribution in [0.4, 0.5) is 10.5 Å². The molecule has 0 aliphatic carbocycles. The zero-order valence-electron chi connectivity index (χ0n) is 10.7. The van der Waals surface area contributed by atoms with Crippen LogP contribution >= 0.6 is 0 Å². The van der Waals surface area contributed by atoms with Gasteiger partial charge < -0.3 is 21.4 Å². The monoisotopic (exact) mass is 259 g/mol. The number of rotatable bonds is 4. The van der Waals surface area contributed by atoms with Gasteiger partial charge in [0.1, 0.15) is 5.82 Å². The molecule has 0 fully saturated rings. The molecule has 2 amide bonds. The van der Waals surface area contributed by atoms with E-state index in [1.165, 1.54) is 0 Å². The number of aromatic nitrogens is 2. The van der Waals surface area contributed by atoms with Gasteiger partial charge in [0, 0.05) is 24.1 Å². The predicted octanol–water partition coefficient (Wildman–Crippen LogP) is 1.75. The van der Waals surface area contributed by atoms with Crippen molar-refractivity contribution in [3.8, 4) is 0 Å². The fraction of sp³-hybridized carbons (Fsp3) is 0.231. The minimum Gasteiger partial charge on any atom is -0.347 e. The van der Waals surface area contributed by atoms with E-state index in [1.54, 1.807) is 12.4 Å². The fourth-order valence-corrected chi connectivity index (χ4v) is 1.63. The average Bonchev–Trinajstić information content (AvgIpc) is 2.90. The van der Waals surface area contributed by atoms with Gasteiger partial charge in [-0.05, 0) is 24.6 Å². The zero-order valence-corrected chi connectivity index (χ0v) is 10.7. The van der Waals surface area contributed by atoms with Crippen LogP contribution < -0.4 is 16.4 Å². The van der Waals surface area contributed by atoms with Crippen molar-refractivity contribution in [1.82, 2.24) is 15.3 Å². The number of nitrogens with two attached hydrogens (primary N) is 1. The van der Waals surface area contributed by atoms with E-state index in [0.29, 0.717) is 18.1 Å². The van der Waals surface area contributed by atoms with Crippen molar-refractivity contribution >= 4 is 11.7 Å². The van der Waals surface area contributed by atoms with E-state index in [9.17, 15) is 4.79 Å². The van der Waals surface area contributed by atoms with Crippen LogP contribution in [0.25, 0.3) is 0 Å². The first kappa shape index (κ1) is 13.1. The summed E-state index contributed by atoms with van der Waals surface area (Å²) in [6, 6.07) is 7.12. The Balaban J connectivity index is 1.89. The maximum Gasteiger partial charge on any atom is 0.319 e. The number of imidazole rings is 1. The van der Waals surface area contributed by atoms with Crippen molar-refractivity contribution in [2.75, 3.05) is 5.32 Å². The second-order valence-corrected chi connectivity index (χ2v) is 4.26. The Hall–Kier alpha value is -2.34. The molecule has 19 heavy (non-hydrogen) atoms. The van der Waals surface area contributed by atoms with Crippen LogP contribution in [0.2, 0.25) is 0 Å². The van der Waals surface area contributed by atoms with Gasteiger partial charge in [0.15, 0.2) is 0 Å². The Bertz CT molecular complexity index is 536. The quantitative estimate of drug-likeness (QED) is 0.673. The first-order valence-electron chi connectivity index (χ1n) is 6.04. The second kappa shape index (κ2) is 6.01. The Labute approximate surface area is 111 Å². The number of nitrogens with one attached hydrogen (secondary N) is 3. The molecule has 0 aliphatic rings. The van der Waals surface area contributed by atoms with Crippen LogP contribution in [0.3, 0.4) is 0 Å². The smallest absolute Gasteiger partial charge is 0.319 e. The molecule has 0 aliphatic heterocycles. The third-order valence-electron chi connectivity index (χ3n) is 2.64. The van der Waals surface area contributed by atoms with Crippen molar-refractivity contribution < 1.29 is 4.79 Å². The number of carbonyl (C=O) groups is 1. The highest BCUT2D eigenvalue weighted by molar-refractivity contribution is 5.89. The Morgan fingerprint density at radius 2 is 2.37 bits per heavy atom. The van der Waals surface area contributed by atoms with Crippen molar-refractivity contribution in [3.63, 3.8) is 0 Å². The van der Waals surface area contributed by atoms with Crippen molar-refractivity contribution in [2.24, 2.45) is 5.73 Å². The fourth-order valence-electron chi connectivity index (χ4n) is 1.63. The largest absolute Gasteiger partial charge is 0.347 e. The molecule has 6 nitrogen and oxygen atoms in total. The first-order chi connectivity index (χ1) is 9.15. The summed E-state index contributed by atoms with van der Waals surface area (Å²) in [6.07, 6.45) is 3.35. The van der Waals surface area contributed by atoms with Crippen LogP contribution in [0.15, 0.2) is 36.7 Å². The molecule has 0 saturated carbocycles. The zero-order chi connectivity index (χ0) is 13.7. The van der Waals surface area contributed by atoms with Gasteiger partial charge in [-0.3, -0.25) is 0 Å². The van der Waals surface area contributed by atoms with E-state index < -0.39 is 0 Å². The van der Waals surface area contributed by atoms with Crippen LogP contribution in [-0.4, -0.2) is 16.0 Å². The molecule has 1 aromatic heterocycles. The van der Waals surface area contributed by atoms with Gasteiger partial charge in [0.25, 0.3) is 0 Å². The SMILES string of the molecule is CC(N)c1cccc(NC(=O)NCc2ncc[nH]2)c1.